The molecule has 1 amide bonds. The van der Waals surface area contributed by atoms with Gasteiger partial charge in [0.15, 0.2) is 0 Å². The summed E-state index contributed by atoms with van der Waals surface area (Å²) >= 11 is 0. The molecular weight excluding hydrogens is 376 g/mol. The van der Waals surface area contributed by atoms with Crippen LogP contribution >= 0.6 is 12.4 Å². The van der Waals surface area contributed by atoms with E-state index < -0.39 is 18.1 Å². The van der Waals surface area contributed by atoms with Gasteiger partial charge in [0.05, 0.1) is 6.04 Å². The molecule has 0 radical (unpaired) electrons. The summed E-state index contributed by atoms with van der Waals surface area (Å²) in [5.74, 6) is -0.502. The fraction of sp³-hybridized carbons (Fsp3) is 0.364. The largest absolute Gasteiger partial charge is 0.459 e. The molecular formula is C22H29ClN2O3. The lowest BCUT2D eigenvalue weighted by atomic mass is 10.0. The summed E-state index contributed by atoms with van der Waals surface area (Å²) in [4.78, 5) is 25.0. The van der Waals surface area contributed by atoms with Gasteiger partial charge in [-0.2, -0.15) is 0 Å². The zero-order chi connectivity index (χ0) is 19.6. The minimum Gasteiger partial charge on any atom is -0.459 e. The fourth-order valence-corrected chi connectivity index (χ4v) is 2.77. The Morgan fingerprint density at radius 2 is 1.50 bits per heavy atom. The Labute approximate surface area is 173 Å². The van der Waals surface area contributed by atoms with Crippen LogP contribution < -0.4 is 11.1 Å². The lowest BCUT2D eigenvalue weighted by molar-refractivity contribution is -0.149. The Morgan fingerprint density at radius 3 is 2.04 bits per heavy atom. The van der Waals surface area contributed by atoms with Crippen molar-refractivity contribution in [3.63, 3.8) is 0 Å². The summed E-state index contributed by atoms with van der Waals surface area (Å²) in [6, 6.07) is 17.6. The maximum Gasteiger partial charge on any atom is 0.329 e. The average Bonchev–Trinajstić information content (AvgIpc) is 2.66. The highest BCUT2D eigenvalue weighted by Crippen LogP contribution is 2.09. The van der Waals surface area contributed by atoms with E-state index in [1.54, 1.807) is 0 Å². The quantitative estimate of drug-likeness (QED) is 0.628. The minimum atomic E-state index is -0.776. The van der Waals surface area contributed by atoms with Crippen LogP contribution in [-0.2, 0) is 27.4 Å². The van der Waals surface area contributed by atoms with Crippen LogP contribution in [0.1, 0.15) is 31.4 Å². The molecule has 2 atom stereocenters. The molecule has 6 heteroatoms. The Hall–Kier alpha value is -2.37. The Bertz CT molecular complexity index is 723. The van der Waals surface area contributed by atoms with Crippen molar-refractivity contribution >= 4 is 24.3 Å². The molecule has 0 unspecified atom stereocenters. The first-order valence-corrected chi connectivity index (χ1v) is 9.26. The van der Waals surface area contributed by atoms with Gasteiger partial charge in [-0.3, -0.25) is 4.79 Å². The first kappa shape index (κ1) is 23.7. The first-order valence-electron chi connectivity index (χ1n) is 9.26. The number of nitrogens with one attached hydrogen (secondary N) is 1. The van der Waals surface area contributed by atoms with E-state index >= 15 is 0 Å². The number of carbonyl (C=O) groups is 2. The minimum absolute atomic E-state index is 0. The van der Waals surface area contributed by atoms with Crippen molar-refractivity contribution in [3.05, 3.63) is 71.8 Å². The Morgan fingerprint density at radius 1 is 0.964 bits per heavy atom. The monoisotopic (exact) mass is 404 g/mol. The predicted molar refractivity (Wildman–Crippen MR) is 113 cm³/mol. The average molecular weight is 405 g/mol. The second-order valence-electron chi connectivity index (χ2n) is 7.08. The molecule has 2 rings (SSSR count). The second kappa shape index (κ2) is 12.2. The zero-order valence-electron chi connectivity index (χ0n) is 16.3. The van der Waals surface area contributed by atoms with Crippen molar-refractivity contribution in [3.8, 4) is 0 Å². The lowest BCUT2D eigenvalue weighted by Gasteiger charge is -2.21. The summed E-state index contributed by atoms with van der Waals surface area (Å²) < 4.78 is 5.43. The van der Waals surface area contributed by atoms with Crippen molar-refractivity contribution in [2.45, 2.75) is 45.4 Å². The third kappa shape index (κ3) is 8.11. The molecule has 152 valence electrons. The Kier molecular flexibility index (Phi) is 10.3. The third-order valence-corrected chi connectivity index (χ3v) is 4.17. The van der Waals surface area contributed by atoms with Gasteiger partial charge in [0.1, 0.15) is 12.6 Å². The molecule has 0 aromatic heterocycles. The number of hydrogen-bond acceptors (Lipinski definition) is 4. The van der Waals surface area contributed by atoms with Crippen molar-refractivity contribution in [2.24, 2.45) is 11.7 Å². The van der Waals surface area contributed by atoms with Crippen molar-refractivity contribution < 1.29 is 14.3 Å². The molecule has 0 aliphatic heterocycles. The molecule has 0 spiro atoms. The second-order valence-corrected chi connectivity index (χ2v) is 7.08. The number of rotatable bonds is 9. The highest BCUT2D eigenvalue weighted by atomic mass is 35.5. The summed E-state index contributed by atoms with van der Waals surface area (Å²) in [7, 11) is 0. The topological polar surface area (TPSA) is 81.4 Å². The van der Waals surface area contributed by atoms with Gasteiger partial charge in [-0.1, -0.05) is 74.5 Å². The molecule has 28 heavy (non-hydrogen) atoms. The molecule has 2 aromatic carbocycles. The van der Waals surface area contributed by atoms with Gasteiger partial charge in [0.25, 0.3) is 0 Å². The molecule has 0 heterocycles. The summed E-state index contributed by atoms with van der Waals surface area (Å²) in [6.45, 7) is 4.17. The number of benzene rings is 2. The number of halogens is 1. The van der Waals surface area contributed by atoms with Crippen LogP contribution in [0.25, 0.3) is 0 Å². The summed E-state index contributed by atoms with van der Waals surface area (Å²) in [5.41, 5.74) is 7.80. The van der Waals surface area contributed by atoms with Crippen molar-refractivity contribution in [1.82, 2.24) is 5.32 Å². The van der Waals surface area contributed by atoms with Crippen molar-refractivity contribution in [2.75, 3.05) is 0 Å². The molecule has 0 aliphatic rings. The molecule has 0 bridgehead atoms. The van der Waals surface area contributed by atoms with Gasteiger partial charge in [0.2, 0.25) is 5.91 Å². The number of ether oxygens (including phenoxy) is 1. The maximum absolute atomic E-state index is 12.6. The van der Waals surface area contributed by atoms with Gasteiger partial charge in [-0.05, 0) is 23.5 Å². The van der Waals surface area contributed by atoms with E-state index in [4.69, 9.17) is 10.5 Å². The van der Waals surface area contributed by atoms with Crippen molar-refractivity contribution in [1.29, 1.82) is 0 Å². The molecule has 3 N–H and O–H groups in total. The summed E-state index contributed by atoms with van der Waals surface area (Å²) in [5, 5.41) is 2.77. The van der Waals surface area contributed by atoms with Crippen LogP contribution in [0.3, 0.4) is 0 Å². The molecule has 0 fully saturated rings. The van der Waals surface area contributed by atoms with Crippen LogP contribution in [0.5, 0.6) is 0 Å². The number of nitrogens with two attached hydrogens (primary N) is 1. The molecule has 0 aliphatic carbocycles. The van der Waals surface area contributed by atoms with Gasteiger partial charge in [0, 0.05) is 6.42 Å². The first-order chi connectivity index (χ1) is 13.0. The number of hydrogen-bond donors (Lipinski definition) is 2. The predicted octanol–water partition coefficient (Wildman–Crippen LogP) is 3.25. The number of esters is 1. The van der Waals surface area contributed by atoms with Gasteiger partial charge < -0.3 is 15.8 Å². The molecule has 5 nitrogen and oxygen atoms in total. The third-order valence-electron chi connectivity index (χ3n) is 4.17. The van der Waals surface area contributed by atoms with E-state index in [0.29, 0.717) is 18.8 Å². The summed E-state index contributed by atoms with van der Waals surface area (Å²) in [6.07, 6.45) is 0.914. The molecule has 0 saturated carbocycles. The standard InChI is InChI=1S/C22H28N2O3.ClH/c1-16(2)13-19(23)21(25)24-20(14-17-9-5-3-6-10-17)22(26)27-15-18-11-7-4-8-12-18;/h3-12,16,19-20H,13-15,23H2,1-2H3,(H,24,25);1H/t19-,20+;/m0./s1. The van der Waals surface area contributed by atoms with Crippen LogP contribution in [-0.4, -0.2) is 24.0 Å². The van der Waals surface area contributed by atoms with Gasteiger partial charge >= 0.3 is 5.97 Å². The van der Waals surface area contributed by atoms with E-state index in [1.165, 1.54) is 0 Å². The SMILES string of the molecule is CC(C)C[C@H](N)C(=O)N[C@H](Cc1ccccc1)C(=O)OCc1ccccc1.Cl. The van der Waals surface area contributed by atoms with Crippen LogP contribution in [0.4, 0.5) is 0 Å². The van der Waals surface area contributed by atoms with E-state index in [9.17, 15) is 9.59 Å². The zero-order valence-corrected chi connectivity index (χ0v) is 17.2. The fourth-order valence-electron chi connectivity index (χ4n) is 2.77. The highest BCUT2D eigenvalue weighted by Gasteiger charge is 2.25. The lowest BCUT2D eigenvalue weighted by Crippen LogP contribution is -2.50. The molecule has 0 saturated heterocycles. The van der Waals surface area contributed by atoms with Crippen LogP contribution in [0.15, 0.2) is 60.7 Å². The van der Waals surface area contributed by atoms with Crippen LogP contribution in [0, 0.1) is 5.92 Å². The van der Waals surface area contributed by atoms with E-state index in [0.717, 1.165) is 11.1 Å². The smallest absolute Gasteiger partial charge is 0.329 e. The van der Waals surface area contributed by atoms with Gasteiger partial charge in [-0.15, -0.1) is 12.4 Å². The number of amides is 1. The van der Waals surface area contributed by atoms with Crippen LogP contribution in [0.2, 0.25) is 0 Å². The Balaban J connectivity index is 0.00000392. The van der Waals surface area contributed by atoms with E-state index in [1.807, 2.05) is 74.5 Å². The van der Waals surface area contributed by atoms with E-state index in [2.05, 4.69) is 5.32 Å². The normalized spacial score (nSPS) is 12.6. The van der Waals surface area contributed by atoms with Gasteiger partial charge in [-0.25, -0.2) is 4.79 Å². The highest BCUT2D eigenvalue weighted by molar-refractivity contribution is 5.87. The molecule has 2 aromatic rings. The number of carbonyl (C=O) groups excluding carboxylic acids is 2. The van der Waals surface area contributed by atoms with E-state index in [-0.39, 0.29) is 24.9 Å². The maximum atomic E-state index is 12.6.